The lowest BCUT2D eigenvalue weighted by atomic mass is 10.1. The molecule has 2 N–H and O–H groups in total. The molecule has 2 atom stereocenters. The predicted molar refractivity (Wildman–Crippen MR) is 109 cm³/mol. The number of fused-ring (bicyclic) bond motifs is 3. The second kappa shape index (κ2) is 5.64. The molecule has 1 aromatic carbocycles. The van der Waals surface area contributed by atoms with Crippen LogP contribution in [0.3, 0.4) is 0 Å². The summed E-state index contributed by atoms with van der Waals surface area (Å²) in [5.74, 6) is 1.61. The number of aromatic hydroxyl groups is 1. The molecule has 1 saturated heterocycles. The van der Waals surface area contributed by atoms with Crippen molar-refractivity contribution in [1.29, 1.82) is 0 Å². The quantitative estimate of drug-likeness (QED) is 0.543. The number of rotatable bonds is 2. The van der Waals surface area contributed by atoms with Crippen molar-refractivity contribution in [2.45, 2.75) is 13.0 Å². The first-order valence-electron chi connectivity index (χ1n) is 9.78. The van der Waals surface area contributed by atoms with Crippen LogP contribution in [-0.2, 0) is 7.05 Å². The Hall–Kier alpha value is -3.26. The Balaban J connectivity index is 1.47. The van der Waals surface area contributed by atoms with Crippen LogP contribution in [0, 0.1) is 18.8 Å². The van der Waals surface area contributed by atoms with Gasteiger partial charge in [0, 0.05) is 55.7 Å². The molecule has 1 aliphatic heterocycles. The van der Waals surface area contributed by atoms with Crippen molar-refractivity contribution >= 4 is 21.8 Å². The fourth-order valence-corrected chi connectivity index (χ4v) is 4.82. The third kappa shape index (κ3) is 2.29. The average Bonchev–Trinajstić information content (AvgIpc) is 3.04. The van der Waals surface area contributed by atoms with Gasteiger partial charge in [-0.1, -0.05) is 0 Å². The summed E-state index contributed by atoms with van der Waals surface area (Å²) < 4.78 is 3.55. The van der Waals surface area contributed by atoms with Crippen LogP contribution in [0.1, 0.15) is 11.6 Å². The Morgan fingerprint density at radius 1 is 1.28 bits per heavy atom. The molecule has 2 fully saturated rings. The zero-order chi connectivity index (χ0) is 19.9. The third-order valence-corrected chi connectivity index (χ3v) is 6.41. The fourth-order valence-electron chi connectivity index (χ4n) is 4.82. The van der Waals surface area contributed by atoms with Gasteiger partial charge in [-0.3, -0.25) is 9.48 Å². The molecule has 1 saturated carbocycles. The molecule has 1 aliphatic carbocycles. The maximum Gasteiger partial charge on any atom is 0.261 e. The largest absolute Gasteiger partial charge is 0.507 e. The van der Waals surface area contributed by atoms with E-state index in [1.165, 1.54) is 0 Å². The van der Waals surface area contributed by atoms with E-state index < -0.39 is 0 Å². The average molecular weight is 388 g/mol. The molecule has 3 aromatic heterocycles. The Kier molecular flexibility index (Phi) is 3.24. The van der Waals surface area contributed by atoms with E-state index in [1.807, 2.05) is 43.1 Å². The predicted octanol–water partition coefficient (Wildman–Crippen LogP) is 1.75. The molecule has 0 spiro atoms. The first kappa shape index (κ1) is 16.7. The highest BCUT2D eigenvalue weighted by molar-refractivity contribution is 5.90. The molecule has 4 heterocycles. The zero-order valence-electron chi connectivity index (χ0n) is 16.1. The molecular formula is C21H20N6O2. The Bertz CT molecular complexity index is 1360. The molecule has 0 amide bonds. The number of phenolic OH excluding ortho intramolecular Hbond substituents is 1. The summed E-state index contributed by atoms with van der Waals surface area (Å²) in [7, 11) is 1.85. The maximum absolute atomic E-state index is 13.0. The monoisotopic (exact) mass is 388 g/mol. The van der Waals surface area contributed by atoms with Gasteiger partial charge in [-0.05, 0) is 30.9 Å². The van der Waals surface area contributed by atoms with Gasteiger partial charge in [0.05, 0.1) is 22.0 Å². The van der Waals surface area contributed by atoms with Crippen LogP contribution in [-0.4, -0.2) is 42.5 Å². The Labute approximate surface area is 165 Å². The summed E-state index contributed by atoms with van der Waals surface area (Å²) in [5.41, 5.74) is 2.52. The summed E-state index contributed by atoms with van der Waals surface area (Å²) in [5, 5.41) is 19.9. The van der Waals surface area contributed by atoms with E-state index in [1.54, 1.807) is 10.9 Å². The van der Waals surface area contributed by atoms with Crippen LogP contribution < -0.4 is 10.9 Å². The van der Waals surface area contributed by atoms with Gasteiger partial charge in [0.2, 0.25) is 0 Å². The summed E-state index contributed by atoms with van der Waals surface area (Å²) >= 11 is 0. The van der Waals surface area contributed by atoms with Gasteiger partial charge in [-0.2, -0.15) is 5.10 Å². The van der Waals surface area contributed by atoms with Crippen molar-refractivity contribution < 1.29 is 5.11 Å². The first-order chi connectivity index (χ1) is 14.0. The first-order valence-corrected chi connectivity index (χ1v) is 9.78. The summed E-state index contributed by atoms with van der Waals surface area (Å²) in [6.45, 7) is 3.78. The second-order valence-electron chi connectivity index (χ2n) is 8.14. The van der Waals surface area contributed by atoms with Gasteiger partial charge in [0.25, 0.3) is 5.56 Å². The summed E-state index contributed by atoms with van der Waals surface area (Å²) in [6, 6.07) is 3.99. The lowest BCUT2D eigenvalue weighted by molar-refractivity contribution is 0.473. The molecule has 0 radical (unpaired) electrons. The van der Waals surface area contributed by atoms with Crippen LogP contribution in [0.15, 0.2) is 35.5 Å². The van der Waals surface area contributed by atoms with Crippen LogP contribution in [0.25, 0.3) is 33.2 Å². The number of pyridine rings is 1. The van der Waals surface area contributed by atoms with Crippen molar-refractivity contribution in [3.05, 3.63) is 46.6 Å². The summed E-state index contributed by atoms with van der Waals surface area (Å²) in [6.07, 6.45) is 5.32. The maximum atomic E-state index is 13.0. The highest BCUT2D eigenvalue weighted by atomic mass is 16.3. The van der Waals surface area contributed by atoms with Crippen molar-refractivity contribution in [2.24, 2.45) is 18.9 Å². The number of hydrogen-bond acceptors (Lipinski definition) is 6. The second-order valence-corrected chi connectivity index (χ2v) is 8.14. The van der Waals surface area contributed by atoms with Crippen molar-refractivity contribution in [1.82, 2.24) is 29.6 Å². The highest BCUT2D eigenvalue weighted by Crippen LogP contribution is 2.51. The molecule has 146 valence electrons. The number of benzene rings is 1. The van der Waals surface area contributed by atoms with Gasteiger partial charge in [-0.25, -0.2) is 9.97 Å². The minimum atomic E-state index is -0.0448. The number of piperidine rings is 1. The van der Waals surface area contributed by atoms with Gasteiger partial charge < -0.3 is 15.0 Å². The van der Waals surface area contributed by atoms with Crippen molar-refractivity contribution in [3.63, 3.8) is 0 Å². The van der Waals surface area contributed by atoms with E-state index in [0.29, 0.717) is 39.7 Å². The van der Waals surface area contributed by atoms with Gasteiger partial charge in [-0.15, -0.1) is 0 Å². The number of hydrogen-bond donors (Lipinski definition) is 2. The molecule has 4 aromatic rings. The van der Waals surface area contributed by atoms with Crippen LogP contribution in [0.4, 0.5) is 0 Å². The molecule has 2 unspecified atom stereocenters. The fraction of sp³-hybridized carbons (Fsp3) is 0.333. The van der Waals surface area contributed by atoms with E-state index in [4.69, 9.17) is 0 Å². The number of nitrogens with zero attached hydrogens (tertiary/aromatic N) is 5. The molecule has 6 rings (SSSR count). The van der Waals surface area contributed by atoms with E-state index >= 15 is 0 Å². The Morgan fingerprint density at radius 2 is 2.07 bits per heavy atom. The molecule has 29 heavy (non-hydrogen) atoms. The normalized spacial score (nSPS) is 23.0. The minimum absolute atomic E-state index is 0.0448. The SMILES string of the molecule is Cc1c(O)c(-c2ncc3c(=O)n(C4C5CNCC54)ccc3n2)cc2cn(C)nc12. The number of aryl methyl sites for hydroxylation is 2. The molecular weight excluding hydrogens is 368 g/mol. The van der Waals surface area contributed by atoms with Crippen molar-refractivity contribution in [2.75, 3.05) is 13.1 Å². The smallest absolute Gasteiger partial charge is 0.261 e. The Morgan fingerprint density at radius 3 is 2.86 bits per heavy atom. The standard InChI is InChI=1S/C21H20N6O2/c1-10-17-11(9-26(2)25-17)5-12(19(10)28)20-23-8-15-16(24-20)3-4-27(21(15)29)18-13-6-22-7-14(13)18/h3-5,8-9,13-14,18,22,28H,6-7H2,1-2H3. The molecule has 8 heteroatoms. The van der Waals surface area contributed by atoms with Crippen LogP contribution in [0.5, 0.6) is 5.75 Å². The topological polar surface area (TPSA) is 97.9 Å². The van der Waals surface area contributed by atoms with E-state index in [2.05, 4.69) is 20.4 Å². The van der Waals surface area contributed by atoms with E-state index in [-0.39, 0.29) is 17.4 Å². The van der Waals surface area contributed by atoms with Crippen molar-refractivity contribution in [3.8, 4) is 17.1 Å². The highest BCUT2D eigenvalue weighted by Gasteiger charge is 2.54. The molecule has 2 aliphatic rings. The number of aromatic nitrogens is 5. The van der Waals surface area contributed by atoms with Crippen LogP contribution in [0.2, 0.25) is 0 Å². The third-order valence-electron chi connectivity index (χ3n) is 6.41. The number of nitrogens with one attached hydrogen (secondary N) is 1. The molecule has 0 bridgehead atoms. The lowest BCUT2D eigenvalue weighted by Gasteiger charge is -2.11. The van der Waals surface area contributed by atoms with Gasteiger partial charge >= 0.3 is 0 Å². The van der Waals surface area contributed by atoms with E-state index in [9.17, 15) is 9.90 Å². The molecule has 8 nitrogen and oxygen atoms in total. The minimum Gasteiger partial charge on any atom is -0.507 e. The van der Waals surface area contributed by atoms with Gasteiger partial charge in [0.1, 0.15) is 5.75 Å². The summed E-state index contributed by atoms with van der Waals surface area (Å²) in [4.78, 5) is 22.0. The zero-order valence-corrected chi connectivity index (χ0v) is 16.1. The van der Waals surface area contributed by atoms with E-state index in [0.717, 1.165) is 24.0 Å². The lowest BCUT2D eigenvalue weighted by Crippen LogP contribution is -2.24. The van der Waals surface area contributed by atoms with Gasteiger partial charge in [0.15, 0.2) is 5.82 Å². The number of phenols is 1. The van der Waals surface area contributed by atoms with Crippen LogP contribution >= 0.6 is 0 Å².